The summed E-state index contributed by atoms with van der Waals surface area (Å²) in [6, 6.07) is 0. The fraction of sp³-hybridized carbons (Fsp3) is 0.286. The first-order valence-electron chi connectivity index (χ1n) is 5.19. The Labute approximate surface area is 87.0 Å². The van der Waals surface area contributed by atoms with Crippen LogP contribution in [0.3, 0.4) is 0 Å². The average molecular weight is 185 g/mol. The second kappa shape index (κ2) is 8.31. The molecule has 0 saturated carbocycles. The summed E-state index contributed by atoms with van der Waals surface area (Å²) in [4.78, 5) is 0. The summed E-state index contributed by atoms with van der Waals surface area (Å²) in [5.41, 5.74) is 0. The van der Waals surface area contributed by atoms with E-state index in [9.17, 15) is 0 Å². The summed E-state index contributed by atoms with van der Waals surface area (Å²) < 4.78 is 0. The van der Waals surface area contributed by atoms with Crippen molar-refractivity contribution in [3.05, 3.63) is 60.8 Å². The fourth-order valence-corrected chi connectivity index (χ4v) is 1.17. The summed E-state index contributed by atoms with van der Waals surface area (Å²) in [6.07, 6.45) is 26.5. The molecule has 1 aliphatic carbocycles. The molecule has 0 bridgehead atoms. The lowest BCUT2D eigenvalue weighted by Crippen LogP contribution is -1.66. The van der Waals surface area contributed by atoms with Crippen LogP contribution in [0.25, 0.3) is 0 Å². The molecule has 0 aromatic carbocycles. The molecule has 0 aromatic rings. The Morgan fingerprint density at radius 1 is 0.714 bits per heavy atom. The van der Waals surface area contributed by atoms with Gasteiger partial charge in [-0.1, -0.05) is 54.7 Å². The maximum Gasteiger partial charge on any atom is -0.0166 e. The van der Waals surface area contributed by atoms with Crippen LogP contribution in [0.1, 0.15) is 25.7 Å². The third-order valence-electron chi connectivity index (χ3n) is 1.92. The Morgan fingerprint density at radius 3 is 2.36 bits per heavy atom. The van der Waals surface area contributed by atoms with Crippen LogP contribution in [0.15, 0.2) is 54.7 Å². The molecule has 0 amide bonds. The first-order valence-corrected chi connectivity index (χ1v) is 5.19. The van der Waals surface area contributed by atoms with Gasteiger partial charge in [-0.3, -0.25) is 0 Å². The Kier molecular flexibility index (Phi) is 6.39. The van der Waals surface area contributed by atoms with Crippen molar-refractivity contribution in [2.24, 2.45) is 0 Å². The third kappa shape index (κ3) is 6.24. The van der Waals surface area contributed by atoms with Gasteiger partial charge in [-0.25, -0.2) is 0 Å². The van der Waals surface area contributed by atoms with E-state index in [1.54, 1.807) is 0 Å². The molecule has 0 heteroatoms. The highest BCUT2D eigenvalue weighted by atomic mass is 13.8. The Morgan fingerprint density at radius 2 is 1.43 bits per heavy atom. The Balaban J connectivity index is 2.45. The highest BCUT2D eigenvalue weighted by molar-refractivity contribution is 5.08. The third-order valence-corrected chi connectivity index (χ3v) is 1.92. The second-order valence-electron chi connectivity index (χ2n) is 3.16. The zero-order valence-corrected chi connectivity index (χ0v) is 8.52. The van der Waals surface area contributed by atoms with E-state index in [2.05, 4.69) is 42.5 Å². The lowest BCUT2D eigenvalue weighted by molar-refractivity contribution is 1.04. The summed E-state index contributed by atoms with van der Waals surface area (Å²) in [5.74, 6) is 0. The summed E-state index contributed by atoms with van der Waals surface area (Å²) in [6.45, 7) is 0. The van der Waals surface area contributed by atoms with Gasteiger partial charge >= 0.3 is 0 Å². The molecule has 0 N–H and O–H groups in total. The summed E-state index contributed by atoms with van der Waals surface area (Å²) >= 11 is 0. The normalized spacial score (nSPS) is 18.3. The van der Waals surface area contributed by atoms with Gasteiger partial charge in [-0.15, -0.1) is 0 Å². The van der Waals surface area contributed by atoms with E-state index in [1.807, 2.05) is 18.2 Å². The molecule has 0 fully saturated rings. The molecule has 0 saturated heterocycles. The average Bonchev–Trinajstić information content (AvgIpc) is 2.22. The summed E-state index contributed by atoms with van der Waals surface area (Å²) in [7, 11) is 0. The number of hydrogen-bond donors (Lipinski definition) is 0. The fourth-order valence-electron chi connectivity index (χ4n) is 1.17. The number of allylic oxidation sites excluding steroid dienone is 10. The quantitative estimate of drug-likeness (QED) is 0.497. The second-order valence-corrected chi connectivity index (χ2v) is 3.16. The van der Waals surface area contributed by atoms with E-state index in [4.69, 9.17) is 0 Å². The highest BCUT2D eigenvalue weighted by Crippen LogP contribution is 1.97. The highest BCUT2D eigenvalue weighted by Gasteiger charge is 1.77. The van der Waals surface area contributed by atoms with Crippen LogP contribution < -0.4 is 0 Å². The lowest BCUT2D eigenvalue weighted by Gasteiger charge is -1.87. The maximum atomic E-state index is 3.10. The van der Waals surface area contributed by atoms with Crippen molar-refractivity contribution < 1.29 is 0 Å². The van der Waals surface area contributed by atoms with Gasteiger partial charge < -0.3 is 0 Å². The Hall–Kier alpha value is -1.30. The van der Waals surface area contributed by atoms with Gasteiger partial charge in [0.05, 0.1) is 0 Å². The molecule has 0 aliphatic heterocycles. The molecule has 0 heterocycles. The van der Waals surface area contributed by atoms with Gasteiger partial charge in [-0.05, 0) is 31.8 Å². The maximum absolute atomic E-state index is 3.10. The van der Waals surface area contributed by atoms with Gasteiger partial charge in [0.25, 0.3) is 0 Å². The SMILES string of the molecule is [C]1=CC=CCC=CCC=CCCC=C1. The van der Waals surface area contributed by atoms with E-state index in [1.165, 1.54) is 0 Å². The van der Waals surface area contributed by atoms with Gasteiger partial charge in [0.2, 0.25) is 0 Å². The molecule has 0 unspecified atom stereocenters. The van der Waals surface area contributed by atoms with E-state index < -0.39 is 0 Å². The van der Waals surface area contributed by atoms with Crippen LogP contribution in [0.2, 0.25) is 0 Å². The minimum Gasteiger partial charge on any atom is -0.0879 e. The zero-order chi connectivity index (χ0) is 9.90. The van der Waals surface area contributed by atoms with Crippen molar-refractivity contribution in [1.82, 2.24) is 0 Å². The first kappa shape index (κ1) is 10.8. The Bertz CT molecular complexity index is 262. The van der Waals surface area contributed by atoms with Crippen molar-refractivity contribution in [3.63, 3.8) is 0 Å². The van der Waals surface area contributed by atoms with E-state index in [0.717, 1.165) is 25.7 Å². The van der Waals surface area contributed by atoms with Crippen molar-refractivity contribution >= 4 is 0 Å². The van der Waals surface area contributed by atoms with Crippen LogP contribution >= 0.6 is 0 Å². The molecule has 0 spiro atoms. The van der Waals surface area contributed by atoms with Gasteiger partial charge in [-0.2, -0.15) is 0 Å². The molecule has 0 nitrogen and oxygen atoms in total. The monoisotopic (exact) mass is 185 g/mol. The largest absolute Gasteiger partial charge is 0.0879 e. The topological polar surface area (TPSA) is 0 Å². The first-order chi connectivity index (χ1) is 7.00. The van der Waals surface area contributed by atoms with Crippen LogP contribution in [0, 0.1) is 6.08 Å². The van der Waals surface area contributed by atoms with Crippen molar-refractivity contribution in [3.8, 4) is 0 Å². The number of hydrogen-bond acceptors (Lipinski definition) is 0. The minimum absolute atomic E-state index is 1.01. The standard InChI is InChI=1S/C14H17/c1-2-4-6-8-10-12-14-13-11-9-7-5-3-1/h1-3,6-9,12,14H,4,10-11,13H2. The van der Waals surface area contributed by atoms with Crippen molar-refractivity contribution in [2.75, 3.05) is 0 Å². The van der Waals surface area contributed by atoms with Crippen LogP contribution in [-0.4, -0.2) is 0 Å². The zero-order valence-electron chi connectivity index (χ0n) is 8.52. The van der Waals surface area contributed by atoms with E-state index >= 15 is 0 Å². The van der Waals surface area contributed by atoms with Crippen molar-refractivity contribution in [2.45, 2.75) is 25.7 Å². The molecule has 14 heavy (non-hydrogen) atoms. The smallest absolute Gasteiger partial charge is 0.0166 e. The molecule has 1 radical (unpaired) electrons. The predicted octanol–water partition coefficient (Wildman–Crippen LogP) is 4.14. The molecule has 0 atom stereocenters. The molecule has 73 valence electrons. The lowest BCUT2D eigenvalue weighted by atomic mass is 10.2. The minimum atomic E-state index is 1.01. The van der Waals surface area contributed by atoms with E-state index in [0.29, 0.717) is 0 Å². The molecular formula is C14H17. The molecule has 1 rings (SSSR count). The van der Waals surface area contributed by atoms with E-state index in [-0.39, 0.29) is 0 Å². The molecular weight excluding hydrogens is 168 g/mol. The van der Waals surface area contributed by atoms with Crippen LogP contribution in [0.5, 0.6) is 0 Å². The predicted molar refractivity (Wildman–Crippen MR) is 62.8 cm³/mol. The molecule has 1 aliphatic rings. The molecule has 0 aromatic heterocycles. The summed E-state index contributed by atoms with van der Waals surface area (Å²) in [5, 5.41) is 0. The van der Waals surface area contributed by atoms with Gasteiger partial charge in [0, 0.05) is 0 Å². The van der Waals surface area contributed by atoms with Gasteiger partial charge in [0.1, 0.15) is 0 Å². The van der Waals surface area contributed by atoms with Gasteiger partial charge in [0.15, 0.2) is 0 Å². The van der Waals surface area contributed by atoms with Crippen molar-refractivity contribution in [1.29, 1.82) is 0 Å². The number of rotatable bonds is 0. The van der Waals surface area contributed by atoms with Crippen LogP contribution in [0.4, 0.5) is 0 Å². The van der Waals surface area contributed by atoms with Crippen LogP contribution in [-0.2, 0) is 0 Å².